The van der Waals surface area contributed by atoms with Crippen molar-refractivity contribution in [1.29, 1.82) is 0 Å². The van der Waals surface area contributed by atoms with Gasteiger partial charge in [-0.05, 0) is 45.9 Å². The fraction of sp³-hybridized carbons (Fsp3) is 0.241. The Morgan fingerprint density at radius 3 is 1.02 bits per heavy atom. The molecule has 8 aromatic carbocycles. The molecule has 0 aliphatic heterocycles. The van der Waals surface area contributed by atoms with Gasteiger partial charge in [-0.25, -0.2) is 0 Å². The molecular formula is C58H66SiZr. The van der Waals surface area contributed by atoms with Crippen molar-refractivity contribution in [2.45, 2.75) is 92.2 Å². The van der Waals surface area contributed by atoms with Crippen LogP contribution in [0, 0.1) is 13.8 Å². The third-order valence-electron chi connectivity index (χ3n) is 10.2. The third kappa shape index (κ3) is 14.8. The average Bonchev–Trinajstić information content (AvgIpc) is 3.87. The normalized spacial score (nSPS) is 10.7. The Morgan fingerprint density at radius 1 is 0.450 bits per heavy atom. The van der Waals surface area contributed by atoms with Crippen LogP contribution in [0.25, 0.3) is 43.8 Å². The van der Waals surface area contributed by atoms with E-state index in [1.54, 1.807) is 0 Å². The summed E-state index contributed by atoms with van der Waals surface area (Å²) in [6, 6.07) is 60.3. The van der Waals surface area contributed by atoms with E-state index in [0.29, 0.717) is 0 Å². The molecule has 0 heterocycles. The Hall–Kier alpha value is -4.62. The minimum atomic E-state index is 0. The predicted molar refractivity (Wildman–Crippen MR) is 265 cm³/mol. The van der Waals surface area contributed by atoms with Gasteiger partial charge in [0.15, 0.2) is 0 Å². The van der Waals surface area contributed by atoms with E-state index >= 15 is 0 Å². The molecule has 0 bridgehead atoms. The molecule has 0 aliphatic rings. The van der Waals surface area contributed by atoms with Gasteiger partial charge >= 0.3 is 26.2 Å². The van der Waals surface area contributed by atoms with E-state index in [0.717, 1.165) is 33.5 Å². The van der Waals surface area contributed by atoms with Crippen molar-refractivity contribution in [3.05, 3.63) is 217 Å². The van der Waals surface area contributed by atoms with Crippen LogP contribution < -0.4 is 0 Å². The maximum absolute atomic E-state index is 3.72. The molecule has 60 heavy (non-hydrogen) atoms. The van der Waals surface area contributed by atoms with Gasteiger partial charge in [0.1, 0.15) is 0 Å². The summed E-state index contributed by atoms with van der Waals surface area (Å²) < 4.78 is 0. The zero-order valence-electron chi connectivity index (χ0n) is 38.0. The summed E-state index contributed by atoms with van der Waals surface area (Å²) in [5.41, 5.74) is 13.5. The van der Waals surface area contributed by atoms with Crippen molar-refractivity contribution in [2.75, 3.05) is 0 Å². The molecular weight excluding hydrogens is 816 g/mol. The quantitative estimate of drug-likeness (QED) is 0.122. The van der Waals surface area contributed by atoms with Gasteiger partial charge in [-0.1, -0.05) is 152 Å². The van der Waals surface area contributed by atoms with Crippen molar-refractivity contribution < 1.29 is 26.2 Å². The molecule has 0 amide bonds. The van der Waals surface area contributed by atoms with Crippen molar-refractivity contribution in [3.8, 4) is 22.3 Å². The van der Waals surface area contributed by atoms with Crippen molar-refractivity contribution in [3.63, 3.8) is 0 Å². The second-order valence-electron chi connectivity index (χ2n) is 17.2. The van der Waals surface area contributed by atoms with Crippen molar-refractivity contribution >= 4 is 31.1 Å². The summed E-state index contributed by atoms with van der Waals surface area (Å²) in [6.07, 6.45) is 2.19. The van der Waals surface area contributed by atoms with E-state index < -0.39 is 0 Å². The van der Waals surface area contributed by atoms with E-state index in [2.05, 4.69) is 192 Å². The van der Waals surface area contributed by atoms with E-state index in [9.17, 15) is 0 Å². The fourth-order valence-corrected chi connectivity index (χ4v) is 6.76. The van der Waals surface area contributed by atoms with Crippen molar-refractivity contribution in [2.24, 2.45) is 0 Å². The number of benzene rings is 6. The third-order valence-corrected chi connectivity index (χ3v) is 10.2. The van der Waals surface area contributed by atoms with E-state index in [1.807, 2.05) is 60.7 Å². The number of hydrogen-bond acceptors (Lipinski definition) is 0. The standard InChI is InChI=1S/2C21H23.2C7H7.C2H6Si.Zr/c2*1-5-15-13-17-7-6-8-19(20(17)14-15)16-9-11-18(12-10-16)21(2,3)4;2*1-7-5-3-2-4-6-7;1-3-2;/h2*6-14H,5H2,1-4H3;2*2-6H,1H2;1-2H3;/q4*-1;;+4. The van der Waals surface area contributed by atoms with Gasteiger partial charge in [0.05, 0.1) is 0 Å². The van der Waals surface area contributed by atoms with E-state index in [1.165, 1.54) is 66.1 Å². The van der Waals surface area contributed by atoms with Gasteiger partial charge in [-0.2, -0.15) is 61.4 Å². The van der Waals surface area contributed by atoms with Crippen LogP contribution in [-0.4, -0.2) is 9.52 Å². The van der Waals surface area contributed by atoms with Gasteiger partial charge in [-0.15, -0.1) is 93.3 Å². The monoisotopic (exact) mass is 880 g/mol. The molecule has 0 aromatic heterocycles. The van der Waals surface area contributed by atoms with Gasteiger partial charge < -0.3 is 0 Å². The minimum absolute atomic E-state index is 0. The van der Waals surface area contributed by atoms with Crippen LogP contribution in [0.4, 0.5) is 0 Å². The van der Waals surface area contributed by atoms with Gasteiger partial charge in [-0.3, -0.25) is 0 Å². The molecule has 0 saturated carbocycles. The number of rotatable bonds is 4. The second kappa shape index (κ2) is 24.0. The molecule has 0 atom stereocenters. The van der Waals surface area contributed by atoms with Crippen molar-refractivity contribution in [1.82, 2.24) is 0 Å². The fourth-order valence-electron chi connectivity index (χ4n) is 6.76. The smallest absolute Gasteiger partial charge is 0.199 e. The second-order valence-corrected chi connectivity index (χ2v) is 18.2. The Labute approximate surface area is 386 Å². The summed E-state index contributed by atoms with van der Waals surface area (Å²) in [4.78, 5) is 0. The van der Waals surface area contributed by atoms with E-state index in [-0.39, 0.29) is 37.0 Å². The van der Waals surface area contributed by atoms with Gasteiger partial charge in [0, 0.05) is 9.52 Å². The van der Waals surface area contributed by atoms with Crippen LogP contribution in [0.15, 0.2) is 170 Å². The topological polar surface area (TPSA) is 0 Å². The van der Waals surface area contributed by atoms with Crippen LogP contribution in [0.2, 0.25) is 13.1 Å². The molecule has 8 rings (SSSR count). The first-order valence-electron chi connectivity index (χ1n) is 21.1. The average molecular weight is 882 g/mol. The molecule has 2 radical (unpaired) electrons. The largest absolute Gasteiger partial charge is 4.00 e. The molecule has 2 heteroatoms. The Kier molecular flexibility index (Phi) is 19.9. The molecule has 0 spiro atoms. The number of aryl methyl sites for hydroxylation is 2. The summed E-state index contributed by atoms with van der Waals surface area (Å²) in [5.74, 6) is 0. The van der Waals surface area contributed by atoms with E-state index in [4.69, 9.17) is 0 Å². The Bertz CT molecular complexity index is 2220. The van der Waals surface area contributed by atoms with Crippen LogP contribution in [0.1, 0.15) is 88.8 Å². The van der Waals surface area contributed by atoms with Crippen LogP contribution in [0.3, 0.4) is 0 Å². The first kappa shape index (κ1) is 49.7. The van der Waals surface area contributed by atoms with Crippen LogP contribution in [0.5, 0.6) is 0 Å². The van der Waals surface area contributed by atoms with Crippen LogP contribution >= 0.6 is 0 Å². The Balaban J connectivity index is 0.000000229. The SMILES string of the molecule is CCc1cc2c(-c3ccc(C(C)(C)C)cc3)cccc2[cH-]1.CCc1cc2c(-c3ccc(C(C)(C)C)cc3)cccc2[cH-]1.C[Si]C.[CH2-]c1ccccc1.[CH2-]c1ccccc1.[Zr+4]. The zero-order chi connectivity index (χ0) is 43.0. The molecule has 0 aliphatic carbocycles. The summed E-state index contributed by atoms with van der Waals surface area (Å²) in [6.45, 7) is 29.7. The molecule has 0 nitrogen and oxygen atoms in total. The Morgan fingerprint density at radius 2 is 0.767 bits per heavy atom. The number of hydrogen-bond donors (Lipinski definition) is 0. The van der Waals surface area contributed by atoms with Gasteiger partial charge in [0.2, 0.25) is 0 Å². The maximum Gasteiger partial charge on any atom is 4.00 e. The molecule has 0 N–H and O–H groups in total. The first-order valence-corrected chi connectivity index (χ1v) is 23.1. The summed E-state index contributed by atoms with van der Waals surface area (Å²) >= 11 is 0. The molecule has 8 aromatic rings. The zero-order valence-corrected chi connectivity index (χ0v) is 41.5. The maximum atomic E-state index is 3.72. The van der Waals surface area contributed by atoms with Crippen LogP contribution in [-0.2, 0) is 49.9 Å². The molecule has 0 saturated heterocycles. The summed E-state index contributed by atoms with van der Waals surface area (Å²) in [7, 11) is 1.08. The minimum Gasteiger partial charge on any atom is -0.199 e. The number of fused-ring (bicyclic) bond motifs is 2. The van der Waals surface area contributed by atoms with Gasteiger partial charge in [0.25, 0.3) is 0 Å². The molecule has 0 fully saturated rings. The summed E-state index contributed by atoms with van der Waals surface area (Å²) in [5, 5.41) is 5.45. The first-order chi connectivity index (χ1) is 28.2. The predicted octanol–water partition coefficient (Wildman–Crippen LogP) is 16.7. The molecule has 0 unspecified atom stereocenters. The molecule has 306 valence electrons.